The highest BCUT2D eigenvalue weighted by Gasteiger charge is 2.40. The molecule has 2 nitrogen and oxygen atoms in total. The van der Waals surface area contributed by atoms with Gasteiger partial charge in [-0.05, 0) is 16.3 Å². The summed E-state index contributed by atoms with van der Waals surface area (Å²) in [5.41, 5.74) is 0.712. The highest BCUT2D eigenvalue weighted by atomic mass is 28.3. The molecule has 0 aromatic heterocycles. The van der Waals surface area contributed by atoms with Gasteiger partial charge in [-0.25, -0.2) is 0 Å². The number of phenols is 1. The Balaban J connectivity index is 3.53. The van der Waals surface area contributed by atoms with Crippen molar-refractivity contribution in [2.24, 2.45) is 0 Å². The SMILES string of the molecule is CCC(=O)c1cccc(O)c1[Si](C)(C)C(C)(C)C. The van der Waals surface area contributed by atoms with Crippen LogP contribution in [0.25, 0.3) is 0 Å². The lowest BCUT2D eigenvalue weighted by molar-refractivity contribution is 0.0989. The van der Waals surface area contributed by atoms with Crippen molar-refractivity contribution in [3.8, 4) is 5.75 Å². The summed E-state index contributed by atoms with van der Waals surface area (Å²) in [5.74, 6) is 0.395. The van der Waals surface area contributed by atoms with E-state index >= 15 is 0 Å². The fourth-order valence-electron chi connectivity index (χ4n) is 1.99. The zero-order valence-electron chi connectivity index (χ0n) is 12.3. The van der Waals surface area contributed by atoms with Crippen molar-refractivity contribution in [2.75, 3.05) is 0 Å². The maximum absolute atomic E-state index is 12.1. The lowest BCUT2D eigenvalue weighted by Gasteiger charge is -2.38. The Labute approximate surface area is 111 Å². The minimum Gasteiger partial charge on any atom is -0.508 e. The van der Waals surface area contributed by atoms with Gasteiger partial charge in [0.2, 0.25) is 0 Å². The molecule has 1 rings (SSSR count). The molecule has 0 bridgehead atoms. The average molecular weight is 264 g/mol. The lowest BCUT2D eigenvalue weighted by Crippen LogP contribution is -2.51. The van der Waals surface area contributed by atoms with Crippen molar-refractivity contribution in [1.29, 1.82) is 0 Å². The molecule has 100 valence electrons. The molecule has 0 radical (unpaired) electrons. The Kier molecular flexibility index (Phi) is 4.06. The summed E-state index contributed by atoms with van der Waals surface area (Å²) in [4.78, 5) is 12.1. The zero-order valence-corrected chi connectivity index (χ0v) is 13.3. The Morgan fingerprint density at radius 1 is 1.28 bits per heavy atom. The van der Waals surface area contributed by atoms with Crippen LogP contribution >= 0.6 is 0 Å². The van der Waals surface area contributed by atoms with Gasteiger partial charge in [-0.15, -0.1) is 0 Å². The molecule has 0 saturated carbocycles. The van der Waals surface area contributed by atoms with Crippen molar-refractivity contribution >= 4 is 19.0 Å². The average Bonchev–Trinajstić information content (AvgIpc) is 2.25. The Morgan fingerprint density at radius 3 is 2.28 bits per heavy atom. The monoisotopic (exact) mass is 264 g/mol. The summed E-state index contributed by atoms with van der Waals surface area (Å²) in [6.07, 6.45) is 0.477. The van der Waals surface area contributed by atoms with Gasteiger partial charge in [0.15, 0.2) is 5.78 Å². The topological polar surface area (TPSA) is 37.3 Å². The molecule has 0 amide bonds. The van der Waals surface area contributed by atoms with Crippen molar-refractivity contribution in [1.82, 2.24) is 0 Å². The standard InChI is InChI=1S/C15H24O2Si/c1-7-12(16)11-9-8-10-13(17)14(11)18(5,6)15(2,3)4/h8-10,17H,7H2,1-6H3. The molecular weight excluding hydrogens is 240 g/mol. The third kappa shape index (κ3) is 2.51. The molecule has 1 N–H and O–H groups in total. The van der Waals surface area contributed by atoms with Gasteiger partial charge in [-0.2, -0.15) is 0 Å². The third-order valence-electron chi connectivity index (χ3n) is 4.16. The molecule has 0 saturated heterocycles. The number of Topliss-reactive ketones (excluding diaryl/α,β-unsaturated/α-hetero) is 1. The minimum atomic E-state index is -1.92. The van der Waals surface area contributed by atoms with E-state index in [4.69, 9.17) is 0 Å². The Bertz CT molecular complexity index is 456. The fourth-order valence-corrected chi connectivity index (χ4v) is 4.36. The van der Waals surface area contributed by atoms with Crippen molar-refractivity contribution in [2.45, 2.75) is 52.2 Å². The van der Waals surface area contributed by atoms with E-state index in [1.807, 2.05) is 13.0 Å². The number of aromatic hydroxyl groups is 1. The second kappa shape index (κ2) is 4.88. The molecule has 3 heteroatoms. The number of hydrogen-bond donors (Lipinski definition) is 1. The predicted molar refractivity (Wildman–Crippen MR) is 79.6 cm³/mol. The van der Waals surface area contributed by atoms with Crippen LogP contribution in [0, 0.1) is 0 Å². The van der Waals surface area contributed by atoms with Gasteiger partial charge in [0.1, 0.15) is 5.75 Å². The van der Waals surface area contributed by atoms with Crippen molar-refractivity contribution in [3.63, 3.8) is 0 Å². The van der Waals surface area contributed by atoms with Crippen LogP contribution < -0.4 is 5.19 Å². The zero-order chi connectivity index (χ0) is 14.1. The lowest BCUT2D eigenvalue weighted by atomic mass is 10.1. The largest absolute Gasteiger partial charge is 0.508 e. The van der Waals surface area contributed by atoms with Crippen LogP contribution in [-0.4, -0.2) is 19.0 Å². The second-order valence-corrected chi connectivity index (χ2v) is 11.6. The summed E-state index contributed by atoms with van der Waals surface area (Å²) >= 11 is 0. The number of rotatable bonds is 3. The van der Waals surface area contributed by atoms with E-state index < -0.39 is 8.07 Å². The molecule has 0 atom stereocenters. The van der Waals surface area contributed by atoms with Gasteiger partial charge in [-0.3, -0.25) is 4.79 Å². The van der Waals surface area contributed by atoms with E-state index in [-0.39, 0.29) is 16.6 Å². The van der Waals surface area contributed by atoms with Gasteiger partial charge in [0, 0.05) is 12.0 Å². The summed E-state index contributed by atoms with van der Waals surface area (Å²) < 4.78 is 0. The molecule has 1 aromatic rings. The minimum absolute atomic E-state index is 0.0919. The molecule has 0 heterocycles. The van der Waals surface area contributed by atoms with Gasteiger partial charge < -0.3 is 5.11 Å². The van der Waals surface area contributed by atoms with E-state index in [0.29, 0.717) is 12.0 Å². The van der Waals surface area contributed by atoms with Crippen LogP contribution in [0.2, 0.25) is 18.1 Å². The van der Waals surface area contributed by atoms with Crippen LogP contribution in [0.5, 0.6) is 5.75 Å². The summed E-state index contributed by atoms with van der Waals surface area (Å²) in [6.45, 7) is 12.9. The smallest absolute Gasteiger partial charge is 0.162 e. The summed E-state index contributed by atoms with van der Waals surface area (Å²) in [5, 5.41) is 11.2. The fraction of sp³-hybridized carbons (Fsp3) is 0.533. The first-order valence-corrected chi connectivity index (χ1v) is 9.48. The van der Waals surface area contributed by atoms with Crippen LogP contribution in [0.15, 0.2) is 18.2 Å². The first-order valence-electron chi connectivity index (χ1n) is 6.48. The first kappa shape index (κ1) is 15.0. The van der Waals surface area contributed by atoms with Crippen molar-refractivity contribution < 1.29 is 9.90 Å². The van der Waals surface area contributed by atoms with E-state index in [2.05, 4.69) is 33.9 Å². The van der Waals surface area contributed by atoms with Crippen LogP contribution in [0.3, 0.4) is 0 Å². The Morgan fingerprint density at radius 2 is 1.83 bits per heavy atom. The number of hydrogen-bond acceptors (Lipinski definition) is 2. The molecule has 0 spiro atoms. The highest BCUT2D eigenvalue weighted by molar-refractivity contribution is 6.93. The summed E-state index contributed by atoms with van der Waals surface area (Å²) in [6, 6.07) is 5.30. The number of phenolic OH excluding ortho intramolecular Hbond substituents is 1. The quantitative estimate of drug-likeness (QED) is 0.667. The summed E-state index contributed by atoms with van der Waals surface area (Å²) in [7, 11) is -1.92. The first-order chi connectivity index (χ1) is 8.13. The molecule has 18 heavy (non-hydrogen) atoms. The molecule has 0 aliphatic heterocycles. The maximum atomic E-state index is 12.1. The van der Waals surface area contributed by atoms with Gasteiger partial charge in [0.25, 0.3) is 0 Å². The van der Waals surface area contributed by atoms with Gasteiger partial charge in [-0.1, -0.05) is 52.9 Å². The number of ketones is 1. The molecule has 0 aliphatic rings. The number of carbonyl (C=O) groups is 1. The van der Waals surface area contributed by atoms with E-state index in [0.717, 1.165) is 5.19 Å². The normalized spacial score (nSPS) is 12.6. The Hall–Kier alpha value is -1.09. The number of benzene rings is 1. The van der Waals surface area contributed by atoms with Gasteiger partial charge in [0.05, 0.1) is 8.07 Å². The van der Waals surface area contributed by atoms with E-state index in [9.17, 15) is 9.90 Å². The van der Waals surface area contributed by atoms with Crippen LogP contribution in [-0.2, 0) is 0 Å². The third-order valence-corrected chi connectivity index (χ3v) is 9.69. The van der Waals surface area contributed by atoms with Crippen molar-refractivity contribution in [3.05, 3.63) is 23.8 Å². The van der Waals surface area contributed by atoms with Crippen LogP contribution in [0.4, 0.5) is 0 Å². The molecule has 1 aromatic carbocycles. The number of carbonyl (C=O) groups excluding carboxylic acids is 1. The van der Waals surface area contributed by atoms with E-state index in [1.54, 1.807) is 12.1 Å². The maximum Gasteiger partial charge on any atom is 0.162 e. The second-order valence-electron chi connectivity index (χ2n) is 6.35. The van der Waals surface area contributed by atoms with Crippen LogP contribution in [0.1, 0.15) is 44.5 Å². The predicted octanol–water partition coefficient (Wildman–Crippen LogP) is 3.70. The van der Waals surface area contributed by atoms with E-state index in [1.165, 1.54) is 0 Å². The molecule has 0 aliphatic carbocycles. The molecule has 0 unspecified atom stereocenters. The molecule has 0 fully saturated rings. The highest BCUT2D eigenvalue weighted by Crippen LogP contribution is 2.38. The molecular formula is C15H24O2Si. The van der Waals surface area contributed by atoms with Gasteiger partial charge >= 0.3 is 0 Å².